The fourth-order valence-corrected chi connectivity index (χ4v) is 1.80. The van der Waals surface area contributed by atoms with Crippen molar-refractivity contribution in [2.45, 2.75) is 39.2 Å². The van der Waals surface area contributed by atoms with Gasteiger partial charge in [-0.25, -0.2) is 0 Å². The molecular weight excluding hydrogens is 234 g/mol. The Labute approximate surface area is 105 Å². The Morgan fingerprint density at radius 2 is 2.28 bits per heavy atom. The number of nitrogens with one attached hydrogen (secondary N) is 1. The summed E-state index contributed by atoms with van der Waals surface area (Å²) in [5.41, 5.74) is 1.12. The lowest BCUT2D eigenvalue weighted by Gasteiger charge is -2.05. The second-order valence-electron chi connectivity index (χ2n) is 4.59. The molecule has 1 amide bonds. The third-order valence-corrected chi connectivity index (χ3v) is 3.12. The van der Waals surface area contributed by atoms with E-state index in [0.29, 0.717) is 11.7 Å². The molecule has 1 heterocycles. The molecule has 1 saturated carbocycles. The summed E-state index contributed by atoms with van der Waals surface area (Å²) in [6, 6.07) is 1.84. The number of carbonyl (C=O) groups is 2. The van der Waals surface area contributed by atoms with Crippen LogP contribution in [0.4, 0.5) is 5.82 Å². The number of rotatable bonds is 5. The monoisotopic (exact) mass is 251 g/mol. The van der Waals surface area contributed by atoms with Gasteiger partial charge in [-0.05, 0) is 26.7 Å². The zero-order valence-electron chi connectivity index (χ0n) is 10.5. The minimum absolute atomic E-state index is 0.442. The number of hydrogen-bond acceptors (Lipinski definition) is 3. The summed E-state index contributed by atoms with van der Waals surface area (Å²) in [4.78, 5) is 22.3. The van der Waals surface area contributed by atoms with E-state index >= 15 is 0 Å². The highest BCUT2D eigenvalue weighted by Gasteiger charge is 2.28. The second kappa shape index (κ2) is 4.80. The number of nitrogens with zero attached hydrogens (tertiary/aromatic N) is 2. The van der Waals surface area contributed by atoms with Gasteiger partial charge in [-0.2, -0.15) is 5.10 Å². The fraction of sp³-hybridized carbons (Fsp3) is 0.583. The lowest BCUT2D eigenvalue weighted by molar-refractivity contribution is -0.144. The van der Waals surface area contributed by atoms with E-state index in [1.165, 1.54) is 6.92 Å². The molecule has 0 aromatic carbocycles. The predicted molar refractivity (Wildman–Crippen MR) is 65.3 cm³/mol. The molecular formula is C12H17N3O3. The van der Waals surface area contributed by atoms with Crippen LogP contribution < -0.4 is 5.32 Å². The second-order valence-corrected chi connectivity index (χ2v) is 4.59. The number of anilines is 1. The molecule has 98 valence electrons. The number of carboxylic acid groups (broad SMARTS) is 1. The number of carboxylic acids is 1. The van der Waals surface area contributed by atoms with Crippen LogP contribution in [0, 0.1) is 5.92 Å². The van der Waals surface area contributed by atoms with Crippen molar-refractivity contribution >= 4 is 17.7 Å². The highest BCUT2D eigenvalue weighted by atomic mass is 16.4. The lowest BCUT2D eigenvalue weighted by Crippen LogP contribution is -2.27. The first kappa shape index (κ1) is 12.6. The Morgan fingerprint density at radius 1 is 1.61 bits per heavy atom. The normalized spacial score (nSPS) is 16.3. The standard InChI is InChI=1S/C12H17N3O3/c1-3-15-9(8-4-5-8)6-10(14-15)13-11(16)7(2)12(17)18/h6-8H,3-5H2,1-2H3,(H,17,18)(H,13,14,16). The molecule has 1 atom stereocenters. The van der Waals surface area contributed by atoms with Gasteiger partial charge in [-0.3, -0.25) is 14.3 Å². The van der Waals surface area contributed by atoms with Gasteiger partial charge in [0.25, 0.3) is 0 Å². The van der Waals surface area contributed by atoms with Crippen LogP contribution in [0.25, 0.3) is 0 Å². The lowest BCUT2D eigenvalue weighted by atomic mass is 10.2. The molecule has 0 spiro atoms. The van der Waals surface area contributed by atoms with E-state index in [1.54, 1.807) is 0 Å². The van der Waals surface area contributed by atoms with Crippen LogP contribution in [0.3, 0.4) is 0 Å². The average Bonchev–Trinajstić information content (AvgIpc) is 3.10. The molecule has 6 nitrogen and oxygen atoms in total. The Morgan fingerprint density at radius 3 is 2.78 bits per heavy atom. The van der Waals surface area contributed by atoms with Gasteiger partial charge in [-0.1, -0.05) is 0 Å². The first-order valence-electron chi connectivity index (χ1n) is 6.14. The topological polar surface area (TPSA) is 84.2 Å². The van der Waals surface area contributed by atoms with E-state index < -0.39 is 17.8 Å². The molecule has 2 N–H and O–H groups in total. The molecule has 0 bridgehead atoms. The van der Waals surface area contributed by atoms with Gasteiger partial charge in [0, 0.05) is 24.2 Å². The Balaban J connectivity index is 2.09. The number of aliphatic carboxylic acids is 1. The number of carbonyl (C=O) groups excluding carboxylic acids is 1. The molecule has 1 fully saturated rings. The first-order valence-corrected chi connectivity index (χ1v) is 6.14. The molecule has 18 heavy (non-hydrogen) atoms. The SMILES string of the molecule is CCn1nc(NC(=O)C(C)C(=O)O)cc1C1CC1. The van der Waals surface area contributed by atoms with Crippen LogP contribution in [0.5, 0.6) is 0 Å². The van der Waals surface area contributed by atoms with Crippen LogP contribution >= 0.6 is 0 Å². The summed E-state index contributed by atoms with van der Waals surface area (Å²) in [6.07, 6.45) is 2.31. The Kier molecular flexibility index (Phi) is 3.36. The van der Waals surface area contributed by atoms with E-state index in [-0.39, 0.29) is 0 Å². The zero-order valence-corrected chi connectivity index (χ0v) is 10.5. The van der Waals surface area contributed by atoms with Crippen molar-refractivity contribution in [3.8, 4) is 0 Å². The third kappa shape index (κ3) is 2.52. The van der Waals surface area contributed by atoms with Gasteiger partial charge < -0.3 is 10.4 Å². The van der Waals surface area contributed by atoms with Crippen LogP contribution in [0.1, 0.15) is 38.3 Å². The van der Waals surface area contributed by atoms with E-state index in [2.05, 4.69) is 10.4 Å². The molecule has 1 aliphatic carbocycles. The molecule has 0 aliphatic heterocycles. The van der Waals surface area contributed by atoms with Crippen LogP contribution in [-0.2, 0) is 16.1 Å². The molecule has 1 aliphatic rings. The quantitative estimate of drug-likeness (QED) is 0.775. The minimum Gasteiger partial charge on any atom is -0.481 e. The molecule has 1 aromatic rings. The summed E-state index contributed by atoms with van der Waals surface area (Å²) in [6.45, 7) is 4.09. The molecule has 0 radical (unpaired) electrons. The fourth-order valence-electron chi connectivity index (χ4n) is 1.80. The van der Waals surface area contributed by atoms with Crippen molar-refractivity contribution in [3.05, 3.63) is 11.8 Å². The van der Waals surface area contributed by atoms with Gasteiger partial charge in [-0.15, -0.1) is 0 Å². The summed E-state index contributed by atoms with van der Waals surface area (Å²) >= 11 is 0. The van der Waals surface area contributed by atoms with Crippen molar-refractivity contribution in [2.24, 2.45) is 5.92 Å². The van der Waals surface area contributed by atoms with Gasteiger partial charge in [0.1, 0.15) is 5.92 Å². The van der Waals surface area contributed by atoms with Crippen molar-refractivity contribution in [1.29, 1.82) is 0 Å². The zero-order chi connectivity index (χ0) is 13.3. The third-order valence-electron chi connectivity index (χ3n) is 3.12. The summed E-state index contributed by atoms with van der Waals surface area (Å²) in [5.74, 6) is -1.76. The van der Waals surface area contributed by atoms with Gasteiger partial charge >= 0.3 is 5.97 Å². The Bertz CT molecular complexity index is 477. The molecule has 2 rings (SSSR count). The molecule has 1 aromatic heterocycles. The van der Waals surface area contributed by atoms with Crippen molar-refractivity contribution < 1.29 is 14.7 Å². The van der Waals surface area contributed by atoms with E-state index in [0.717, 1.165) is 25.1 Å². The van der Waals surface area contributed by atoms with Crippen LogP contribution in [-0.4, -0.2) is 26.8 Å². The predicted octanol–water partition coefficient (Wildman–Crippen LogP) is 1.44. The number of aryl methyl sites for hydroxylation is 1. The minimum atomic E-state index is -1.13. The van der Waals surface area contributed by atoms with Gasteiger partial charge in [0.05, 0.1) is 0 Å². The largest absolute Gasteiger partial charge is 0.481 e. The number of hydrogen-bond donors (Lipinski definition) is 2. The van der Waals surface area contributed by atoms with Gasteiger partial charge in [0.15, 0.2) is 5.82 Å². The Hall–Kier alpha value is -1.85. The van der Waals surface area contributed by atoms with Crippen molar-refractivity contribution in [1.82, 2.24) is 9.78 Å². The highest BCUT2D eigenvalue weighted by Crippen LogP contribution is 2.40. The maximum atomic E-state index is 11.6. The van der Waals surface area contributed by atoms with E-state index in [9.17, 15) is 9.59 Å². The molecule has 0 saturated heterocycles. The van der Waals surface area contributed by atoms with E-state index in [1.807, 2.05) is 17.7 Å². The smallest absolute Gasteiger partial charge is 0.315 e. The maximum Gasteiger partial charge on any atom is 0.315 e. The van der Waals surface area contributed by atoms with E-state index in [4.69, 9.17) is 5.11 Å². The average molecular weight is 251 g/mol. The van der Waals surface area contributed by atoms with Gasteiger partial charge in [0.2, 0.25) is 5.91 Å². The summed E-state index contributed by atoms with van der Waals surface area (Å²) < 4.78 is 1.86. The summed E-state index contributed by atoms with van der Waals surface area (Å²) in [5, 5.41) is 15.6. The first-order chi connectivity index (χ1) is 8.52. The highest BCUT2D eigenvalue weighted by molar-refractivity contribution is 6.03. The number of amides is 1. The summed E-state index contributed by atoms with van der Waals surface area (Å²) in [7, 11) is 0. The number of aromatic nitrogens is 2. The van der Waals surface area contributed by atoms with Crippen LogP contribution in [0.2, 0.25) is 0 Å². The van der Waals surface area contributed by atoms with Crippen molar-refractivity contribution in [2.75, 3.05) is 5.32 Å². The molecule has 1 unspecified atom stereocenters. The molecule has 6 heteroatoms. The maximum absolute atomic E-state index is 11.6. The van der Waals surface area contributed by atoms with Crippen LogP contribution in [0.15, 0.2) is 6.07 Å². The van der Waals surface area contributed by atoms with Crippen molar-refractivity contribution in [3.63, 3.8) is 0 Å².